The van der Waals surface area contributed by atoms with Crippen LogP contribution in [-0.2, 0) is 0 Å². The second-order valence-corrected chi connectivity index (χ2v) is 4.32. The van der Waals surface area contributed by atoms with Crippen molar-refractivity contribution in [3.63, 3.8) is 0 Å². The van der Waals surface area contributed by atoms with Gasteiger partial charge in [0.05, 0.1) is 5.56 Å². The van der Waals surface area contributed by atoms with Crippen molar-refractivity contribution in [1.82, 2.24) is 0 Å². The zero-order valence-electron chi connectivity index (χ0n) is 11.0. The van der Waals surface area contributed by atoms with Gasteiger partial charge in [-0.15, -0.1) is 0 Å². The number of amides is 1. The highest BCUT2D eigenvalue weighted by Crippen LogP contribution is 2.20. The molecule has 4 heteroatoms. The molecule has 0 atom stereocenters. The van der Waals surface area contributed by atoms with Crippen LogP contribution in [0.4, 0.5) is 17.1 Å². The summed E-state index contributed by atoms with van der Waals surface area (Å²) < 4.78 is 0. The fourth-order valence-corrected chi connectivity index (χ4v) is 1.92. The zero-order valence-corrected chi connectivity index (χ0v) is 11.0. The summed E-state index contributed by atoms with van der Waals surface area (Å²) in [5, 5.41) is 5.93. The second-order valence-electron chi connectivity index (χ2n) is 4.32. The van der Waals surface area contributed by atoms with Crippen molar-refractivity contribution >= 4 is 23.0 Å². The van der Waals surface area contributed by atoms with Gasteiger partial charge in [0, 0.05) is 24.1 Å². The Balaban J connectivity index is 2.20. The van der Waals surface area contributed by atoms with Crippen LogP contribution >= 0.6 is 0 Å². The highest BCUT2D eigenvalue weighted by atomic mass is 16.1. The molecular weight excluding hydrogens is 238 g/mol. The molecule has 0 aliphatic heterocycles. The maximum absolute atomic E-state index is 12.1. The summed E-state index contributed by atoms with van der Waals surface area (Å²) in [6.07, 6.45) is 0. The van der Waals surface area contributed by atoms with Crippen LogP contribution in [0.2, 0.25) is 0 Å². The Morgan fingerprint density at radius 1 is 1.16 bits per heavy atom. The number of nitrogen functional groups attached to an aromatic ring is 1. The molecule has 0 saturated carbocycles. The van der Waals surface area contributed by atoms with Gasteiger partial charge in [0.25, 0.3) is 5.91 Å². The first-order chi connectivity index (χ1) is 9.11. The summed E-state index contributed by atoms with van der Waals surface area (Å²) in [6.45, 7) is 1.98. The highest BCUT2D eigenvalue weighted by molar-refractivity contribution is 6.07. The lowest BCUT2D eigenvalue weighted by molar-refractivity contribution is 0.102. The number of aryl methyl sites for hydroxylation is 1. The molecule has 0 bridgehead atoms. The molecule has 0 fully saturated rings. The number of hydrogen-bond donors (Lipinski definition) is 3. The summed E-state index contributed by atoms with van der Waals surface area (Å²) in [7, 11) is 1.87. The van der Waals surface area contributed by atoms with Crippen LogP contribution in [0.5, 0.6) is 0 Å². The molecule has 0 saturated heterocycles. The van der Waals surface area contributed by atoms with Gasteiger partial charge in [-0.1, -0.05) is 12.1 Å². The fourth-order valence-electron chi connectivity index (χ4n) is 1.92. The molecule has 0 radical (unpaired) electrons. The molecule has 0 spiro atoms. The van der Waals surface area contributed by atoms with E-state index in [0.717, 1.165) is 16.9 Å². The van der Waals surface area contributed by atoms with Crippen LogP contribution in [0.1, 0.15) is 15.9 Å². The second kappa shape index (κ2) is 5.44. The Morgan fingerprint density at radius 3 is 2.53 bits per heavy atom. The van der Waals surface area contributed by atoms with Gasteiger partial charge in [-0.05, 0) is 42.8 Å². The molecule has 2 rings (SSSR count). The average Bonchev–Trinajstić information content (AvgIpc) is 2.39. The molecular formula is C15H17N3O. The summed E-state index contributed by atoms with van der Waals surface area (Å²) in [6, 6.07) is 12.7. The van der Waals surface area contributed by atoms with Gasteiger partial charge in [0.2, 0.25) is 0 Å². The molecule has 19 heavy (non-hydrogen) atoms. The first-order valence-corrected chi connectivity index (χ1v) is 6.06. The Labute approximate surface area is 112 Å². The Bertz CT molecular complexity index is 608. The summed E-state index contributed by atoms with van der Waals surface area (Å²) >= 11 is 0. The van der Waals surface area contributed by atoms with Crippen LogP contribution < -0.4 is 16.4 Å². The van der Waals surface area contributed by atoms with E-state index < -0.39 is 0 Å². The van der Waals surface area contributed by atoms with Crippen molar-refractivity contribution in [2.45, 2.75) is 6.92 Å². The van der Waals surface area contributed by atoms with E-state index in [-0.39, 0.29) is 5.91 Å². The third-order valence-corrected chi connectivity index (χ3v) is 2.96. The van der Waals surface area contributed by atoms with E-state index in [0.29, 0.717) is 11.3 Å². The van der Waals surface area contributed by atoms with E-state index in [2.05, 4.69) is 10.6 Å². The van der Waals surface area contributed by atoms with Crippen LogP contribution in [0.25, 0.3) is 0 Å². The minimum Gasteiger partial charge on any atom is -0.398 e. The lowest BCUT2D eigenvalue weighted by Gasteiger charge is -2.10. The molecule has 0 aromatic heterocycles. The van der Waals surface area contributed by atoms with Gasteiger partial charge in [0.1, 0.15) is 0 Å². The van der Waals surface area contributed by atoms with E-state index in [1.807, 2.05) is 32.2 Å². The lowest BCUT2D eigenvalue weighted by Crippen LogP contribution is -2.14. The maximum atomic E-state index is 12.1. The van der Waals surface area contributed by atoms with Gasteiger partial charge in [-0.3, -0.25) is 4.79 Å². The summed E-state index contributed by atoms with van der Waals surface area (Å²) in [4.78, 5) is 12.1. The lowest BCUT2D eigenvalue weighted by atomic mass is 10.1. The molecule has 1 amide bonds. The van der Waals surface area contributed by atoms with Crippen molar-refractivity contribution in [2.24, 2.45) is 0 Å². The molecule has 4 N–H and O–H groups in total. The third kappa shape index (κ3) is 2.85. The molecule has 0 aliphatic rings. The number of anilines is 3. The average molecular weight is 255 g/mol. The van der Waals surface area contributed by atoms with Crippen LogP contribution in [0, 0.1) is 6.92 Å². The van der Waals surface area contributed by atoms with Crippen molar-refractivity contribution in [3.05, 3.63) is 53.6 Å². The Hall–Kier alpha value is -2.49. The quantitative estimate of drug-likeness (QED) is 0.739. The largest absolute Gasteiger partial charge is 0.398 e. The molecule has 4 nitrogen and oxygen atoms in total. The number of hydrogen-bond acceptors (Lipinski definition) is 3. The Morgan fingerprint density at radius 2 is 1.89 bits per heavy atom. The Kier molecular flexibility index (Phi) is 3.71. The number of carbonyl (C=O) groups excluding carboxylic acids is 1. The number of nitrogens with two attached hydrogens (primary N) is 1. The van der Waals surface area contributed by atoms with Crippen LogP contribution in [0.15, 0.2) is 42.5 Å². The van der Waals surface area contributed by atoms with Gasteiger partial charge in [-0.25, -0.2) is 0 Å². The van der Waals surface area contributed by atoms with Crippen LogP contribution in [-0.4, -0.2) is 13.0 Å². The van der Waals surface area contributed by atoms with Crippen molar-refractivity contribution in [2.75, 3.05) is 23.4 Å². The van der Waals surface area contributed by atoms with E-state index in [1.54, 1.807) is 24.3 Å². The number of benzene rings is 2. The SMILES string of the molecule is CNc1ccc(NC(=O)c2ccccc2N)cc1C. The predicted octanol–water partition coefficient (Wildman–Crippen LogP) is 2.87. The van der Waals surface area contributed by atoms with E-state index in [1.165, 1.54) is 0 Å². The molecule has 0 heterocycles. The molecule has 2 aromatic rings. The standard InChI is InChI=1S/C15H17N3O/c1-10-9-11(7-8-14(10)17-2)18-15(19)12-5-3-4-6-13(12)16/h3-9,17H,16H2,1-2H3,(H,18,19). The number of rotatable bonds is 3. The first kappa shape index (κ1) is 13.0. The first-order valence-electron chi connectivity index (χ1n) is 6.06. The maximum Gasteiger partial charge on any atom is 0.257 e. The monoisotopic (exact) mass is 255 g/mol. The van der Waals surface area contributed by atoms with Gasteiger partial charge in [-0.2, -0.15) is 0 Å². The summed E-state index contributed by atoms with van der Waals surface area (Å²) in [5.41, 5.74) is 9.60. The fraction of sp³-hybridized carbons (Fsp3) is 0.133. The molecule has 98 valence electrons. The molecule has 2 aromatic carbocycles. The molecule has 0 unspecified atom stereocenters. The van der Waals surface area contributed by atoms with Crippen molar-refractivity contribution < 1.29 is 4.79 Å². The predicted molar refractivity (Wildman–Crippen MR) is 79.5 cm³/mol. The highest BCUT2D eigenvalue weighted by Gasteiger charge is 2.09. The number of para-hydroxylation sites is 1. The van der Waals surface area contributed by atoms with Gasteiger partial charge < -0.3 is 16.4 Å². The van der Waals surface area contributed by atoms with E-state index in [9.17, 15) is 4.79 Å². The number of nitrogens with one attached hydrogen (secondary N) is 2. The normalized spacial score (nSPS) is 10.0. The zero-order chi connectivity index (χ0) is 13.8. The topological polar surface area (TPSA) is 67.1 Å². The van der Waals surface area contributed by atoms with Gasteiger partial charge >= 0.3 is 0 Å². The van der Waals surface area contributed by atoms with Crippen LogP contribution in [0.3, 0.4) is 0 Å². The molecule has 0 aliphatic carbocycles. The minimum absolute atomic E-state index is 0.199. The van der Waals surface area contributed by atoms with E-state index in [4.69, 9.17) is 5.73 Å². The van der Waals surface area contributed by atoms with Gasteiger partial charge in [0.15, 0.2) is 0 Å². The van der Waals surface area contributed by atoms with Crippen molar-refractivity contribution in [1.29, 1.82) is 0 Å². The minimum atomic E-state index is -0.199. The smallest absolute Gasteiger partial charge is 0.257 e. The number of carbonyl (C=O) groups is 1. The van der Waals surface area contributed by atoms with E-state index >= 15 is 0 Å². The third-order valence-electron chi connectivity index (χ3n) is 2.96. The summed E-state index contributed by atoms with van der Waals surface area (Å²) in [5.74, 6) is -0.199. The van der Waals surface area contributed by atoms with Crippen molar-refractivity contribution in [3.8, 4) is 0 Å².